The number of nitrogens with zero attached hydrogens (tertiary/aromatic N) is 3. The van der Waals surface area contributed by atoms with E-state index in [4.69, 9.17) is 18.6 Å². The highest BCUT2D eigenvalue weighted by molar-refractivity contribution is 6.08. The van der Waals surface area contributed by atoms with Gasteiger partial charge in [-0.1, -0.05) is 48.5 Å². The van der Waals surface area contributed by atoms with Crippen LogP contribution in [-0.2, 0) is 24.1 Å². The predicted octanol–water partition coefficient (Wildman–Crippen LogP) is 7.71. The van der Waals surface area contributed by atoms with Gasteiger partial charge >= 0.3 is 0 Å². The number of ether oxygens (including phenoxy) is 3. The maximum absolute atomic E-state index is 12.6. The number of carbonyl (C=O) groups excluding carboxylic acids is 1. The molecule has 6 aromatic rings. The van der Waals surface area contributed by atoms with Gasteiger partial charge in [-0.25, -0.2) is 4.68 Å². The Labute approximate surface area is 301 Å². The highest BCUT2D eigenvalue weighted by Crippen LogP contribution is 2.25. The second kappa shape index (κ2) is 17.8. The summed E-state index contributed by atoms with van der Waals surface area (Å²) >= 11 is 0. The van der Waals surface area contributed by atoms with Crippen LogP contribution in [-0.4, -0.2) is 52.3 Å². The molecule has 0 unspecified atom stereocenters. The fourth-order valence-electron chi connectivity index (χ4n) is 5.54. The van der Waals surface area contributed by atoms with Crippen molar-refractivity contribution in [2.75, 3.05) is 26.4 Å². The van der Waals surface area contributed by atoms with Crippen LogP contribution < -0.4 is 14.9 Å². The molecule has 2 heterocycles. The first-order chi connectivity index (χ1) is 25.4. The largest absolute Gasteiger partial charge is 0.507 e. The Morgan fingerprint density at radius 3 is 2.44 bits per heavy atom. The van der Waals surface area contributed by atoms with Crippen LogP contribution >= 0.6 is 0 Å². The molecule has 0 aliphatic rings. The standard InChI is InChI=1S/C42H41N3O7/c1-2-30-12-20-38(46)37(27-30)39(47)21-13-31-10-16-34(17-11-31)50-23-6-5-7-33-29-45(44-43-33)22-24-49-25-26-51-35-18-14-32(15-19-35)42-28-40(48)36-8-3-4-9-41(36)52-42/h3-4,8-21,27-29,46H,2,5-7,22-26H2,1H3. The molecule has 2 aromatic heterocycles. The summed E-state index contributed by atoms with van der Waals surface area (Å²) in [6, 6.07) is 28.8. The average molecular weight is 700 g/mol. The summed E-state index contributed by atoms with van der Waals surface area (Å²) in [5.41, 5.74) is 4.39. The van der Waals surface area contributed by atoms with Gasteiger partial charge in [0.05, 0.1) is 43.0 Å². The summed E-state index contributed by atoms with van der Waals surface area (Å²) in [4.78, 5) is 25.0. The van der Waals surface area contributed by atoms with E-state index >= 15 is 0 Å². The number of phenols is 1. The molecular formula is C42H41N3O7. The monoisotopic (exact) mass is 699 g/mol. The summed E-state index contributed by atoms with van der Waals surface area (Å²) in [6.07, 6.45) is 8.53. The summed E-state index contributed by atoms with van der Waals surface area (Å²) in [5.74, 6) is 1.73. The average Bonchev–Trinajstić information content (AvgIpc) is 3.63. The number of fused-ring (bicyclic) bond motifs is 1. The highest BCUT2D eigenvalue weighted by Gasteiger charge is 2.10. The third-order valence-corrected chi connectivity index (χ3v) is 8.46. The maximum Gasteiger partial charge on any atom is 0.193 e. The lowest BCUT2D eigenvalue weighted by atomic mass is 10.0. The van der Waals surface area contributed by atoms with Crippen LogP contribution in [0.15, 0.2) is 119 Å². The minimum Gasteiger partial charge on any atom is -0.507 e. The van der Waals surface area contributed by atoms with Gasteiger partial charge in [-0.3, -0.25) is 9.59 Å². The van der Waals surface area contributed by atoms with E-state index in [0.717, 1.165) is 53.8 Å². The number of para-hydroxylation sites is 1. The zero-order valence-electron chi connectivity index (χ0n) is 29.1. The van der Waals surface area contributed by atoms with Gasteiger partial charge in [-0.15, -0.1) is 5.10 Å². The van der Waals surface area contributed by atoms with Gasteiger partial charge in [0.2, 0.25) is 0 Å². The smallest absolute Gasteiger partial charge is 0.193 e. The fourth-order valence-corrected chi connectivity index (χ4v) is 5.54. The minimum atomic E-state index is -0.236. The molecule has 266 valence electrons. The van der Waals surface area contributed by atoms with Crippen LogP contribution in [0, 0.1) is 0 Å². The highest BCUT2D eigenvalue weighted by atomic mass is 16.5. The molecule has 0 spiro atoms. The summed E-state index contributed by atoms with van der Waals surface area (Å²) in [5, 5.41) is 19.1. The Balaban J connectivity index is 0.828. The zero-order valence-corrected chi connectivity index (χ0v) is 29.1. The third-order valence-electron chi connectivity index (χ3n) is 8.46. The van der Waals surface area contributed by atoms with Crippen molar-refractivity contribution in [1.82, 2.24) is 15.0 Å². The van der Waals surface area contributed by atoms with Crippen LogP contribution in [0.2, 0.25) is 0 Å². The maximum atomic E-state index is 12.6. The fraction of sp³-hybridized carbons (Fsp3) is 0.238. The molecule has 10 nitrogen and oxygen atoms in total. The molecule has 0 saturated heterocycles. The van der Waals surface area contributed by atoms with Crippen molar-refractivity contribution in [2.45, 2.75) is 39.2 Å². The predicted molar refractivity (Wildman–Crippen MR) is 200 cm³/mol. The lowest BCUT2D eigenvalue weighted by Crippen LogP contribution is -2.11. The van der Waals surface area contributed by atoms with Gasteiger partial charge in [0, 0.05) is 17.8 Å². The van der Waals surface area contributed by atoms with Crippen molar-refractivity contribution in [3.05, 3.63) is 142 Å². The van der Waals surface area contributed by atoms with E-state index in [0.29, 0.717) is 61.0 Å². The number of phenolic OH excluding ortho intramolecular Hbond substituents is 1. The van der Waals surface area contributed by atoms with Crippen molar-refractivity contribution < 1.29 is 28.5 Å². The zero-order chi connectivity index (χ0) is 36.1. The third kappa shape index (κ3) is 9.82. The van der Waals surface area contributed by atoms with E-state index in [1.807, 2.05) is 79.9 Å². The lowest BCUT2D eigenvalue weighted by molar-refractivity contribution is 0.0923. The van der Waals surface area contributed by atoms with Gasteiger partial charge in [-0.2, -0.15) is 0 Å². The first-order valence-corrected chi connectivity index (χ1v) is 17.5. The Kier molecular flexibility index (Phi) is 12.2. The van der Waals surface area contributed by atoms with Gasteiger partial charge in [-0.05, 0) is 104 Å². The molecule has 10 heteroatoms. The van der Waals surface area contributed by atoms with E-state index in [9.17, 15) is 14.7 Å². The van der Waals surface area contributed by atoms with Crippen molar-refractivity contribution in [2.24, 2.45) is 0 Å². The Bertz CT molecular complexity index is 2170. The van der Waals surface area contributed by atoms with Crippen LogP contribution in [0.4, 0.5) is 0 Å². The molecule has 1 N–H and O–H groups in total. The van der Waals surface area contributed by atoms with E-state index in [2.05, 4.69) is 10.3 Å². The number of rotatable bonds is 18. The van der Waals surface area contributed by atoms with Crippen LogP contribution in [0.5, 0.6) is 17.2 Å². The van der Waals surface area contributed by atoms with Crippen LogP contribution in [0.1, 0.15) is 46.9 Å². The molecule has 0 fully saturated rings. The number of carbonyl (C=O) groups is 1. The number of benzene rings is 4. The molecular weight excluding hydrogens is 658 g/mol. The van der Waals surface area contributed by atoms with Crippen molar-refractivity contribution in [3.8, 4) is 28.6 Å². The van der Waals surface area contributed by atoms with E-state index in [1.165, 1.54) is 12.1 Å². The molecule has 0 radical (unpaired) electrons. The number of hydrogen-bond acceptors (Lipinski definition) is 9. The Morgan fingerprint density at radius 1 is 0.865 bits per heavy atom. The van der Waals surface area contributed by atoms with Crippen molar-refractivity contribution in [3.63, 3.8) is 0 Å². The molecule has 0 amide bonds. The first-order valence-electron chi connectivity index (χ1n) is 17.5. The number of aromatic nitrogens is 3. The van der Waals surface area contributed by atoms with Crippen molar-refractivity contribution >= 4 is 22.8 Å². The first kappa shape index (κ1) is 35.8. The van der Waals surface area contributed by atoms with Crippen LogP contribution in [0.3, 0.4) is 0 Å². The molecule has 0 atom stereocenters. The number of hydrogen-bond donors (Lipinski definition) is 1. The normalized spacial score (nSPS) is 11.3. The van der Waals surface area contributed by atoms with Crippen molar-refractivity contribution in [1.29, 1.82) is 0 Å². The Morgan fingerprint density at radius 2 is 1.63 bits per heavy atom. The SMILES string of the molecule is CCc1ccc(O)c(C(=O)C=Cc2ccc(OCCCCc3cn(CCOCCOc4ccc(-c5cc(=O)c6ccccc6o5)cc4)nn3)cc2)c1. The van der Waals surface area contributed by atoms with E-state index in [1.54, 1.807) is 35.0 Å². The minimum absolute atomic E-state index is 0.0123. The van der Waals surface area contributed by atoms with E-state index < -0.39 is 0 Å². The number of aryl methyl sites for hydroxylation is 2. The molecule has 0 aliphatic heterocycles. The Hall–Kier alpha value is -6.00. The molecule has 0 saturated carbocycles. The topological polar surface area (TPSA) is 126 Å². The van der Waals surface area contributed by atoms with E-state index in [-0.39, 0.29) is 17.0 Å². The number of unbranched alkanes of at least 4 members (excludes halogenated alkanes) is 1. The second-order valence-corrected chi connectivity index (χ2v) is 12.2. The molecule has 4 aromatic carbocycles. The lowest BCUT2D eigenvalue weighted by Gasteiger charge is -2.08. The summed E-state index contributed by atoms with van der Waals surface area (Å²) < 4.78 is 25.1. The molecule has 6 rings (SSSR count). The van der Waals surface area contributed by atoms with Gasteiger partial charge < -0.3 is 23.7 Å². The number of aromatic hydroxyl groups is 1. The molecule has 52 heavy (non-hydrogen) atoms. The number of ketones is 1. The number of allylic oxidation sites excluding steroid dienone is 1. The van der Waals surface area contributed by atoms with Gasteiger partial charge in [0.15, 0.2) is 11.2 Å². The van der Waals surface area contributed by atoms with Gasteiger partial charge in [0.1, 0.15) is 35.2 Å². The second-order valence-electron chi connectivity index (χ2n) is 12.2. The summed E-state index contributed by atoms with van der Waals surface area (Å²) in [7, 11) is 0. The molecule has 0 bridgehead atoms. The quantitative estimate of drug-likeness (QED) is 0.0545. The van der Waals surface area contributed by atoms with Crippen LogP contribution in [0.25, 0.3) is 28.4 Å². The summed E-state index contributed by atoms with van der Waals surface area (Å²) in [6.45, 7) is 4.50. The van der Waals surface area contributed by atoms with Gasteiger partial charge in [0.25, 0.3) is 0 Å². The molecule has 0 aliphatic carbocycles.